The number of carbonyl (C=O) groups is 1. The molecule has 0 saturated heterocycles. The fraction of sp³-hybridized carbons (Fsp3) is 0.500. The minimum atomic E-state index is -0.240. The largest absolute Gasteiger partial charge is 0.352 e. The van der Waals surface area contributed by atoms with Gasteiger partial charge in [-0.05, 0) is 44.5 Å². The minimum absolute atomic E-state index is 0.0522. The molecule has 1 atom stereocenters. The molecule has 1 amide bonds. The van der Waals surface area contributed by atoms with Gasteiger partial charge in [-0.1, -0.05) is 12.1 Å². The summed E-state index contributed by atoms with van der Waals surface area (Å²) in [6.07, 6.45) is 2.18. The van der Waals surface area contributed by atoms with E-state index in [0.717, 1.165) is 18.4 Å². The maximum absolute atomic E-state index is 13.1. The van der Waals surface area contributed by atoms with Crippen molar-refractivity contribution in [1.29, 1.82) is 0 Å². The van der Waals surface area contributed by atoms with Crippen LogP contribution < -0.4 is 5.32 Å². The van der Waals surface area contributed by atoms with Crippen LogP contribution in [0.4, 0.5) is 4.39 Å². The van der Waals surface area contributed by atoms with Crippen LogP contribution in [0.5, 0.6) is 0 Å². The minimum Gasteiger partial charge on any atom is -0.352 e. The molecule has 18 heavy (non-hydrogen) atoms. The number of halogens is 1. The predicted molar refractivity (Wildman–Crippen MR) is 68.5 cm³/mol. The van der Waals surface area contributed by atoms with Gasteiger partial charge in [0.1, 0.15) is 5.82 Å². The zero-order chi connectivity index (χ0) is 13.1. The number of benzene rings is 1. The summed E-state index contributed by atoms with van der Waals surface area (Å²) in [4.78, 5) is 13.8. The average molecular weight is 250 g/mol. The maximum atomic E-state index is 13.1. The molecule has 1 aliphatic carbocycles. The van der Waals surface area contributed by atoms with Gasteiger partial charge in [0.15, 0.2) is 0 Å². The van der Waals surface area contributed by atoms with E-state index in [1.807, 2.05) is 24.9 Å². The number of rotatable bonds is 5. The summed E-state index contributed by atoms with van der Waals surface area (Å²) >= 11 is 0. The summed E-state index contributed by atoms with van der Waals surface area (Å²) in [6.45, 7) is 2.44. The molecular weight excluding hydrogens is 231 g/mol. The van der Waals surface area contributed by atoms with Gasteiger partial charge in [-0.2, -0.15) is 0 Å². The normalized spacial score (nSPS) is 16.7. The molecule has 1 saturated carbocycles. The van der Waals surface area contributed by atoms with E-state index in [1.54, 1.807) is 6.07 Å². The van der Waals surface area contributed by atoms with E-state index < -0.39 is 0 Å². The molecule has 0 spiro atoms. The lowest BCUT2D eigenvalue weighted by Gasteiger charge is -2.23. The zero-order valence-electron chi connectivity index (χ0n) is 10.8. The molecule has 1 aromatic carbocycles. The standard InChI is InChI=1S/C14H19FN2O/c1-10(14(18)16-13-6-7-13)17(2)9-11-4-3-5-12(15)8-11/h3-5,8,10,13H,6-7,9H2,1-2H3,(H,16,18)/t10-/m0/s1. The fourth-order valence-electron chi connectivity index (χ4n) is 1.81. The highest BCUT2D eigenvalue weighted by atomic mass is 19.1. The van der Waals surface area contributed by atoms with E-state index in [-0.39, 0.29) is 17.8 Å². The number of hydrogen-bond donors (Lipinski definition) is 1. The fourth-order valence-corrected chi connectivity index (χ4v) is 1.81. The zero-order valence-corrected chi connectivity index (χ0v) is 10.8. The number of amides is 1. The molecule has 0 aromatic heterocycles. The summed E-state index contributed by atoms with van der Waals surface area (Å²) in [5.41, 5.74) is 0.878. The van der Waals surface area contributed by atoms with Crippen molar-refractivity contribution in [3.63, 3.8) is 0 Å². The van der Waals surface area contributed by atoms with Gasteiger partial charge >= 0.3 is 0 Å². The topological polar surface area (TPSA) is 32.3 Å². The molecule has 4 heteroatoms. The van der Waals surface area contributed by atoms with Gasteiger partial charge in [0.25, 0.3) is 0 Å². The smallest absolute Gasteiger partial charge is 0.237 e. The monoisotopic (exact) mass is 250 g/mol. The van der Waals surface area contributed by atoms with E-state index >= 15 is 0 Å². The molecule has 1 aliphatic rings. The molecule has 1 N–H and O–H groups in total. The first-order chi connectivity index (χ1) is 8.56. The Kier molecular flexibility index (Phi) is 3.97. The van der Waals surface area contributed by atoms with E-state index in [9.17, 15) is 9.18 Å². The Hall–Kier alpha value is -1.42. The highest BCUT2D eigenvalue weighted by Gasteiger charge is 2.27. The van der Waals surface area contributed by atoms with Gasteiger partial charge < -0.3 is 5.32 Å². The van der Waals surface area contributed by atoms with Crippen molar-refractivity contribution in [3.05, 3.63) is 35.6 Å². The second-order valence-corrected chi connectivity index (χ2v) is 5.00. The summed E-state index contributed by atoms with van der Waals surface area (Å²) < 4.78 is 13.1. The number of carbonyl (C=O) groups excluding carboxylic acids is 1. The van der Waals surface area contributed by atoms with Crippen LogP contribution in [-0.2, 0) is 11.3 Å². The first kappa shape index (κ1) is 13.0. The van der Waals surface area contributed by atoms with Gasteiger partial charge in [0.05, 0.1) is 6.04 Å². The summed E-state index contributed by atoms with van der Waals surface area (Å²) in [5, 5.41) is 2.98. The maximum Gasteiger partial charge on any atom is 0.237 e. The molecule has 1 aromatic rings. The number of nitrogens with one attached hydrogen (secondary N) is 1. The van der Waals surface area contributed by atoms with Crippen molar-refractivity contribution >= 4 is 5.91 Å². The van der Waals surface area contributed by atoms with Crippen molar-refractivity contribution < 1.29 is 9.18 Å². The average Bonchev–Trinajstić information content (AvgIpc) is 3.11. The molecule has 0 unspecified atom stereocenters. The Morgan fingerprint density at radius 1 is 1.56 bits per heavy atom. The van der Waals surface area contributed by atoms with Gasteiger partial charge in [-0.15, -0.1) is 0 Å². The molecule has 1 fully saturated rings. The first-order valence-corrected chi connectivity index (χ1v) is 6.31. The summed E-state index contributed by atoms with van der Waals surface area (Å²) in [5.74, 6) is -0.188. The van der Waals surface area contributed by atoms with Crippen LogP contribution in [0, 0.1) is 5.82 Å². The second kappa shape index (κ2) is 5.48. The number of hydrogen-bond acceptors (Lipinski definition) is 2. The van der Waals surface area contributed by atoms with Crippen LogP contribution in [0.15, 0.2) is 24.3 Å². The van der Waals surface area contributed by atoms with E-state index in [2.05, 4.69) is 5.32 Å². The van der Waals surface area contributed by atoms with Gasteiger partial charge in [0, 0.05) is 12.6 Å². The molecule has 0 radical (unpaired) electrons. The molecule has 0 bridgehead atoms. The Balaban J connectivity index is 1.89. The third-order valence-corrected chi connectivity index (χ3v) is 3.29. The quantitative estimate of drug-likeness (QED) is 0.866. The Bertz CT molecular complexity index is 432. The van der Waals surface area contributed by atoms with Crippen molar-refractivity contribution in [1.82, 2.24) is 10.2 Å². The van der Waals surface area contributed by atoms with E-state index in [1.165, 1.54) is 12.1 Å². The van der Waals surface area contributed by atoms with Gasteiger partial charge in [-0.25, -0.2) is 4.39 Å². The Morgan fingerprint density at radius 3 is 2.89 bits per heavy atom. The number of nitrogens with zero attached hydrogens (tertiary/aromatic N) is 1. The van der Waals surface area contributed by atoms with Crippen molar-refractivity contribution in [2.45, 2.75) is 38.4 Å². The molecular formula is C14H19FN2O. The predicted octanol–water partition coefficient (Wildman–Crippen LogP) is 1.92. The lowest BCUT2D eigenvalue weighted by atomic mass is 10.2. The Morgan fingerprint density at radius 2 is 2.28 bits per heavy atom. The first-order valence-electron chi connectivity index (χ1n) is 6.31. The highest BCUT2D eigenvalue weighted by Crippen LogP contribution is 2.19. The molecule has 2 rings (SSSR count). The number of likely N-dealkylation sites (N-methyl/N-ethyl adjacent to an activating group) is 1. The van der Waals surface area contributed by atoms with Crippen LogP contribution in [0.1, 0.15) is 25.3 Å². The van der Waals surface area contributed by atoms with Crippen LogP contribution in [0.2, 0.25) is 0 Å². The second-order valence-electron chi connectivity index (χ2n) is 5.00. The van der Waals surface area contributed by atoms with Crippen LogP contribution in [0.3, 0.4) is 0 Å². The molecule has 3 nitrogen and oxygen atoms in total. The van der Waals surface area contributed by atoms with Crippen LogP contribution in [-0.4, -0.2) is 29.9 Å². The van der Waals surface area contributed by atoms with Crippen molar-refractivity contribution in [3.8, 4) is 0 Å². The third kappa shape index (κ3) is 3.53. The summed E-state index contributed by atoms with van der Waals surface area (Å²) in [6, 6.07) is 6.66. The van der Waals surface area contributed by atoms with E-state index in [0.29, 0.717) is 12.6 Å². The van der Waals surface area contributed by atoms with Gasteiger partial charge in [-0.3, -0.25) is 9.69 Å². The van der Waals surface area contributed by atoms with Crippen molar-refractivity contribution in [2.24, 2.45) is 0 Å². The lowest BCUT2D eigenvalue weighted by molar-refractivity contribution is -0.125. The van der Waals surface area contributed by atoms with Gasteiger partial charge in [0.2, 0.25) is 5.91 Å². The van der Waals surface area contributed by atoms with Crippen LogP contribution in [0.25, 0.3) is 0 Å². The molecule has 98 valence electrons. The molecule has 0 aliphatic heterocycles. The lowest BCUT2D eigenvalue weighted by Crippen LogP contribution is -2.43. The summed E-state index contributed by atoms with van der Waals surface area (Å²) in [7, 11) is 1.88. The molecule has 0 heterocycles. The van der Waals surface area contributed by atoms with Crippen molar-refractivity contribution in [2.75, 3.05) is 7.05 Å². The SMILES string of the molecule is C[C@@H](C(=O)NC1CC1)N(C)Cc1cccc(F)c1. The highest BCUT2D eigenvalue weighted by molar-refractivity contribution is 5.81. The van der Waals surface area contributed by atoms with Crippen LogP contribution >= 0.6 is 0 Å². The Labute approximate surface area is 107 Å². The third-order valence-electron chi connectivity index (χ3n) is 3.29. The van der Waals surface area contributed by atoms with E-state index in [4.69, 9.17) is 0 Å².